The molecule has 0 saturated carbocycles. The Morgan fingerprint density at radius 3 is 2.85 bits per heavy atom. The molecular weight excluding hydrogens is 338 g/mol. The molecule has 100 valence electrons. The van der Waals surface area contributed by atoms with Gasteiger partial charge in [-0.2, -0.15) is 0 Å². The molecule has 0 radical (unpaired) electrons. The summed E-state index contributed by atoms with van der Waals surface area (Å²) in [4.78, 5) is 8.69. The van der Waals surface area contributed by atoms with E-state index in [4.69, 9.17) is 11.6 Å². The number of nitrogens with one attached hydrogen (secondary N) is 1. The first kappa shape index (κ1) is 13.3. The van der Waals surface area contributed by atoms with Gasteiger partial charge in [0.25, 0.3) is 0 Å². The van der Waals surface area contributed by atoms with Gasteiger partial charge in [0.15, 0.2) is 0 Å². The zero-order chi connectivity index (χ0) is 13.9. The summed E-state index contributed by atoms with van der Waals surface area (Å²) >= 11 is 9.22. The smallest absolute Gasteiger partial charge is 0.143 e. The lowest BCUT2D eigenvalue weighted by Gasteiger charge is -2.07. The highest BCUT2D eigenvalue weighted by Crippen LogP contribution is 2.23. The van der Waals surface area contributed by atoms with Gasteiger partial charge in [0.05, 0.1) is 34.1 Å². The standard InChI is InChI=1S/C15H11BrClN3/c16-13-7-12(9-19-15(13)17)18-8-11-6-5-10-3-1-2-4-14(10)20-11/h1-7,9,18H,8H2. The summed E-state index contributed by atoms with van der Waals surface area (Å²) in [6, 6.07) is 14.1. The molecule has 0 saturated heterocycles. The highest BCUT2D eigenvalue weighted by atomic mass is 79.9. The van der Waals surface area contributed by atoms with Crippen molar-refractivity contribution >= 4 is 44.1 Å². The van der Waals surface area contributed by atoms with Gasteiger partial charge in [-0.05, 0) is 34.1 Å². The molecule has 20 heavy (non-hydrogen) atoms. The number of nitrogens with zero attached hydrogens (tertiary/aromatic N) is 2. The van der Waals surface area contributed by atoms with Gasteiger partial charge in [-0.25, -0.2) is 4.98 Å². The number of halogens is 2. The van der Waals surface area contributed by atoms with Crippen LogP contribution in [-0.4, -0.2) is 9.97 Å². The zero-order valence-electron chi connectivity index (χ0n) is 10.5. The summed E-state index contributed by atoms with van der Waals surface area (Å²) < 4.78 is 0.774. The second kappa shape index (κ2) is 5.77. The molecule has 0 aliphatic heterocycles. The Labute approximate surface area is 130 Å². The van der Waals surface area contributed by atoms with Crippen molar-refractivity contribution in [1.29, 1.82) is 0 Å². The van der Waals surface area contributed by atoms with E-state index in [-0.39, 0.29) is 0 Å². The Hall–Kier alpha value is -1.65. The number of pyridine rings is 2. The van der Waals surface area contributed by atoms with Crippen molar-refractivity contribution in [3.05, 3.63) is 64.0 Å². The predicted molar refractivity (Wildman–Crippen MR) is 86.0 cm³/mol. The molecule has 3 aromatic rings. The van der Waals surface area contributed by atoms with Crippen LogP contribution in [0, 0.1) is 0 Å². The molecule has 0 unspecified atom stereocenters. The molecule has 0 amide bonds. The molecule has 0 fully saturated rings. The summed E-state index contributed by atoms with van der Waals surface area (Å²) in [5.41, 5.74) is 2.88. The molecule has 3 rings (SSSR count). The average molecular weight is 349 g/mol. The Balaban J connectivity index is 1.77. The lowest BCUT2D eigenvalue weighted by atomic mass is 10.2. The van der Waals surface area contributed by atoms with Gasteiger partial charge in [-0.15, -0.1) is 0 Å². The number of para-hydroxylation sites is 1. The number of fused-ring (bicyclic) bond motifs is 1. The van der Waals surface area contributed by atoms with Gasteiger partial charge in [0, 0.05) is 5.39 Å². The lowest BCUT2D eigenvalue weighted by molar-refractivity contribution is 1.06. The number of aromatic nitrogens is 2. The van der Waals surface area contributed by atoms with E-state index in [1.165, 1.54) is 0 Å². The number of anilines is 1. The molecule has 2 aromatic heterocycles. The summed E-state index contributed by atoms with van der Waals surface area (Å²) in [7, 11) is 0. The van der Waals surface area contributed by atoms with Crippen molar-refractivity contribution in [2.75, 3.05) is 5.32 Å². The molecule has 1 N–H and O–H groups in total. The summed E-state index contributed by atoms with van der Waals surface area (Å²) in [5.74, 6) is 0. The average Bonchev–Trinajstić information content (AvgIpc) is 2.48. The first-order valence-corrected chi connectivity index (χ1v) is 7.29. The third-order valence-electron chi connectivity index (χ3n) is 2.93. The van der Waals surface area contributed by atoms with E-state index in [0.29, 0.717) is 11.7 Å². The minimum absolute atomic E-state index is 0.458. The quantitative estimate of drug-likeness (QED) is 0.700. The van der Waals surface area contributed by atoms with Crippen molar-refractivity contribution in [3.8, 4) is 0 Å². The maximum Gasteiger partial charge on any atom is 0.143 e. The van der Waals surface area contributed by atoms with Crippen LogP contribution in [0.3, 0.4) is 0 Å². The zero-order valence-corrected chi connectivity index (χ0v) is 12.8. The van der Waals surface area contributed by atoms with E-state index < -0.39 is 0 Å². The van der Waals surface area contributed by atoms with Gasteiger partial charge in [0.1, 0.15) is 5.15 Å². The second-order valence-corrected chi connectivity index (χ2v) is 5.56. The van der Waals surface area contributed by atoms with E-state index in [0.717, 1.165) is 26.8 Å². The third kappa shape index (κ3) is 2.92. The predicted octanol–water partition coefficient (Wildman–Crippen LogP) is 4.66. The minimum atomic E-state index is 0.458. The molecule has 0 bridgehead atoms. The van der Waals surface area contributed by atoms with Crippen LogP contribution in [0.5, 0.6) is 0 Å². The van der Waals surface area contributed by atoms with Gasteiger partial charge < -0.3 is 5.32 Å². The number of hydrogen-bond donors (Lipinski definition) is 1. The van der Waals surface area contributed by atoms with E-state index in [9.17, 15) is 0 Å². The molecule has 0 aliphatic carbocycles. The van der Waals surface area contributed by atoms with Crippen LogP contribution in [0.1, 0.15) is 5.69 Å². The molecule has 0 aliphatic rings. The Morgan fingerprint density at radius 1 is 1.15 bits per heavy atom. The van der Waals surface area contributed by atoms with Crippen LogP contribution in [-0.2, 0) is 6.54 Å². The molecule has 5 heteroatoms. The highest BCUT2D eigenvalue weighted by molar-refractivity contribution is 9.10. The van der Waals surface area contributed by atoms with E-state index >= 15 is 0 Å². The van der Waals surface area contributed by atoms with Gasteiger partial charge in [0.2, 0.25) is 0 Å². The molecular formula is C15H11BrClN3. The molecule has 1 aromatic carbocycles. The normalized spacial score (nSPS) is 10.7. The first-order valence-electron chi connectivity index (χ1n) is 6.12. The van der Waals surface area contributed by atoms with E-state index in [2.05, 4.69) is 43.3 Å². The third-order valence-corrected chi connectivity index (χ3v) is 4.06. The van der Waals surface area contributed by atoms with Crippen molar-refractivity contribution in [3.63, 3.8) is 0 Å². The topological polar surface area (TPSA) is 37.8 Å². The fourth-order valence-corrected chi connectivity index (χ4v) is 2.37. The Kier molecular flexibility index (Phi) is 3.85. The van der Waals surface area contributed by atoms with Crippen molar-refractivity contribution in [2.45, 2.75) is 6.54 Å². The first-order chi connectivity index (χ1) is 9.72. The van der Waals surface area contributed by atoms with Crippen molar-refractivity contribution < 1.29 is 0 Å². The Morgan fingerprint density at radius 2 is 2.00 bits per heavy atom. The SMILES string of the molecule is Clc1ncc(NCc2ccc3ccccc3n2)cc1Br. The molecule has 3 nitrogen and oxygen atoms in total. The van der Waals surface area contributed by atoms with Crippen LogP contribution in [0.15, 0.2) is 53.1 Å². The number of rotatable bonds is 3. The van der Waals surface area contributed by atoms with Gasteiger partial charge >= 0.3 is 0 Å². The van der Waals surface area contributed by atoms with Crippen LogP contribution in [0.25, 0.3) is 10.9 Å². The highest BCUT2D eigenvalue weighted by Gasteiger charge is 2.02. The molecule has 2 heterocycles. The largest absolute Gasteiger partial charge is 0.378 e. The van der Waals surface area contributed by atoms with Gasteiger partial charge in [-0.3, -0.25) is 4.98 Å². The maximum atomic E-state index is 5.87. The monoisotopic (exact) mass is 347 g/mol. The fourth-order valence-electron chi connectivity index (χ4n) is 1.92. The van der Waals surface area contributed by atoms with Crippen LogP contribution in [0.4, 0.5) is 5.69 Å². The van der Waals surface area contributed by atoms with Crippen LogP contribution < -0.4 is 5.32 Å². The molecule has 0 spiro atoms. The summed E-state index contributed by atoms with van der Waals surface area (Å²) in [5, 5.41) is 4.88. The van der Waals surface area contributed by atoms with Gasteiger partial charge in [-0.1, -0.05) is 35.9 Å². The van der Waals surface area contributed by atoms with E-state index in [1.807, 2.05) is 30.3 Å². The van der Waals surface area contributed by atoms with Crippen LogP contribution in [0.2, 0.25) is 5.15 Å². The maximum absolute atomic E-state index is 5.87. The van der Waals surface area contributed by atoms with Crippen molar-refractivity contribution in [2.24, 2.45) is 0 Å². The van der Waals surface area contributed by atoms with Crippen LogP contribution >= 0.6 is 27.5 Å². The Bertz CT molecular complexity index is 761. The van der Waals surface area contributed by atoms with E-state index in [1.54, 1.807) is 6.20 Å². The summed E-state index contributed by atoms with van der Waals surface area (Å²) in [6.07, 6.45) is 1.70. The summed E-state index contributed by atoms with van der Waals surface area (Å²) in [6.45, 7) is 0.639. The van der Waals surface area contributed by atoms with Crippen molar-refractivity contribution in [1.82, 2.24) is 9.97 Å². The second-order valence-electron chi connectivity index (χ2n) is 4.35. The fraction of sp³-hybridized carbons (Fsp3) is 0.0667. The lowest BCUT2D eigenvalue weighted by Crippen LogP contribution is -2.02. The molecule has 0 atom stereocenters. The number of hydrogen-bond acceptors (Lipinski definition) is 3. The minimum Gasteiger partial charge on any atom is -0.378 e. The number of benzene rings is 1.